The molecule has 2 aromatic rings. The number of anilines is 1. The molecule has 0 aromatic heterocycles. The number of carbonyl (C=O) groups is 2. The zero-order chi connectivity index (χ0) is 21.9. The Morgan fingerprint density at radius 1 is 1.13 bits per heavy atom. The summed E-state index contributed by atoms with van der Waals surface area (Å²) in [5.74, 6) is -1.25. The van der Waals surface area contributed by atoms with Crippen LogP contribution >= 0.6 is 11.6 Å². The maximum Gasteiger partial charge on any atom is 0.238 e. The van der Waals surface area contributed by atoms with Crippen LogP contribution in [-0.4, -0.2) is 38.2 Å². The fourth-order valence-electron chi connectivity index (χ4n) is 3.33. The quantitative estimate of drug-likeness (QED) is 0.724. The van der Waals surface area contributed by atoms with Gasteiger partial charge in [0.05, 0.1) is 11.3 Å². The number of hydrogen-bond acceptors (Lipinski definition) is 4. The molecule has 3 rings (SSSR count). The summed E-state index contributed by atoms with van der Waals surface area (Å²) < 4.78 is 36.5. The van der Waals surface area contributed by atoms with Gasteiger partial charge >= 0.3 is 0 Å². The molecule has 0 saturated carbocycles. The number of carbonyl (C=O) groups excluding carboxylic acids is 2. The minimum atomic E-state index is -3.79. The highest BCUT2D eigenvalue weighted by Gasteiger charge is 2.28. The van der Waals surface area contributed by atoms with Gasteiger partial charge in [-0.25, -0.2) is 17.9 Å². The van der Waals surface area contributed by atoms with E-state index in [1.807, 2.05) is 0 Å². The standard InChI is InChI=1S/C20H21ClFN3O4S/c21-17-2-1-3-18(22)16(17)12-19(26)25-10-8-13(9-11-25)20(27)24-14-4-6-15(7-5-14)30(23,28)29/h1-7,13H,8-12H2,(H,24,27)(H2,23,28,29). The van der Waals surface area contributed by atoms with Crippen LogP contribution in [0.1, 0.15) is 18.4 Å². The van der Waals surface area contributed by atoms with Gasteiger partial charge in [-0.15, -0.1) is 0 Å². The van der Waals surface area contributed by atoms with Crippen LogP contribution < -0.4 is 10.5 Å². The molecule has 0 spiro atoms. The number of halogens is 2. The summed E-state index contributed by atoms with van der Waals surface area (Å²) in [5, 5.41) is 8.01. The zero-order valence-corrected chi connectivity index (χ0v) is 17.5. The summed E-state index contributed by atoms with van der Waals surface area (Å²) in [6, 6.07) is 9.86. The maximum atomic E-state index is 13.9. The van der Waals surface area contributed by atoms with Crippen molar-refractivity contribution >= 4 is 39.1 Å². The number of piperidine rings is 1. The summed E-state index contributed by atoms with van der Waals surface area (Å²) in [5.41, 5.74) is 0.632. The highest BCUT2D eigenvalue weighted by atomic mass is 35.5. The van der Waals surface area contributed by atoms with Crippen molar-refractivity contribution in [1.29, 1.82) is 0 Å². The van der Waals surface area contributed by atoms with Gasteiger partial charge < -0.3 is 10.2 Å². The number of hydrogen-bond donors (Lipinski definition) is 2. The Bertz CT molecular complexity index is 1030. The molecule has 0 radical (unpaired) electrons. The molecule has 2 aromatic carbocycles. The van der Waals surface area contributed by atoms with Gasteiger partial charge in [0.2, 0.25) is 21.8 Å². The summed E-state index contributed by atoms with van der Waals surface area (Å²) in [6.45, 7) is 0.765. The minimum Gasteiger partial charge on any atom is -0.342 e. The average Bonchev–Trinajstić information content (AvgIpc) is 2.70. The van der Waals surface area contributed by atoms with Gasteiger partial charge in [-0.05, 0) is 49.2 Å². The van der Waals surface area contributed by atoms with E-state index in [2.05, 4.69) is 5.32 Å². The second kappa shape index (κ2) is 9.11. The predicted molar refractivity (Wildman–Crippen MR) is 111 cm³/mol. The normalized spacial score (nSPS) is 15.1. The van der Waals surface area contributed by atoms with Crippen molar-refractivity contribution in [3.05, 3.63) is 58.9 Å². The van der Waals surface area contributed by atoms with E-state index < -0.39 is 15.8 Å². The number of nitrogens with zero attached hydrogens (tertiary/aromatic N) is 1. The van der Waals surface area contributed by atoms with Crippen molar-refractivity contribution in [3.63, 3.8) is 0 Å². The van der Waals surface area contributed by atoms with Crippen LogP contribution in [0, 0.1) is 11.7 Å². The molecule has 1 aliphatic rings. The van der Waals surface area contributed by atoms with Gasteiger partial charge in [0, 0.05) is 35.3 Å². The first-order valence-electron chi connectivity index (χ1n) is 9.29. The third-order valence-corrected chi connectivity index (χ3v) is 6.34. The molecule has 0 bridgehead atoms. The van der Waals surface area contributed by atoms with E-state index in [1.165, 1.54) is 36.4 Å². The monoisotopic (exact) mass is 453 g/mol. The largest absolute Gasteiger partial charge is 0.342 e. The van der Waals surface area contributed by atoms with Crippen LogP contribution in [0.4, 0.5) is 10.1 Å². The lowest BCUT2D eigenvalue weighted by molar-refractivity contribution is -0.133. The summed E-state index contributed by atoms with van der Waals surface area (Å²) in [6.07, 6.45) is 0.814. The number of benzene rings is 2. The molecule has 30 heavy (non-hydrogen) atoms. The lowest BCUT2D eigenvalue weighted by Gasteiger charge is -2.31. The number of sulfonamides is 1. The van der Waals surface area contributed by atoms with Crippen LogP contribution in [0.5, 0.6) is 0 Å². The zero-order valence-electron chi connectivity index (χ0n) is 16.0. The van der Waals surface area contributed by atoms with Crippen LogP contribution in [0.15, 0.2) is 47.4 Å². The summed E-state index contributed by atoms with van der Waals surface area (Å²) in [7, 11) is -3.79. The van der Waals surface area contributed by atoms with Crippen molar-refractivity contribution < 1.29 is 22.4 Å². The Labute approximate surface area is 179 Å². The van der Waals surface area contributed by atoms with Crippen molar-refractivity contribution in [2.45, 2.75) is 24.2 Å². The Balaban J connectivity index is 1.53. The Hall–Kier alpha value is -2.49. The van der Waals surface area contributed by atoms with Crippen molar-refractivity contribution in [2.75, 3.05) is 18.4 Å². The third kappa shape index (κ3) is 5.35. The Morgan fingerprint density at radius 2 is 1.77 bits per heavy atom. The minimum absolute atomic E-state index is 0.0396. The Morgan fingerprint density at radius 3 is 2.33 bits per heavy atom. The molecule has 7 nitrogen and oxygen atoms in total. The van der Waals surface area contributed by atoms with Crippen LogP contribution in [0.3, 0.4) is 0 Å². The molecule has 160 valence electrons. The molecular weight excluding hydrogens is 433 g/mol. The first-order valence-corrected chi connectivity index (χ1v) is 11.2. The molecule has 1 aliphatic heterocycles. The molecule has 1 saturated heterocycles. The summed E-state index contributed by atoms with van der Waals surface area (Å²) in [4.78, 5) is 26.5. The van der Waals surface area contributed by atoms with Crippen LogP contribution in [0.25, 0.3) is 0 Å². The van der Waals surface area contributed by atoms with Crippen LogP contribution in [-0.2, 0) is 26.0 Å². The topological polar surface area (TPSA) is 110 Å². The molecule has 0 unspecified atom stereocenters. The number of likely N-dealkylation sites (tertiary alicyclic amines) is 1. The molecule has 1 heterocycles. The molecule has 10 heteroatoms. The number of primary sulfonamides is 1. The molecular formula is C20H21ClFN3O4S. The van der Waals surface area contributed by atoms with Gasteiger partial charge in [-0.3, -0.25) is 9.59 Å². The molecule has 0 aliphatic carbocycles. The van der Waals surface area contributed by atoms with Crippen molar-refractivity contribution in [3.8, 4) is 0 Å². The first-order chi connectivity index (χ1) is 14.1. The van der Waals surface area contributed by atoms with Crippen molar-refractivity contribution in [2.24, 2.45) is 11.1 Å². The molecule has 3 N–H and O–H groups in total. The molecule has 0 atom stereocenters. The first kappa shape index (κ1) is 22.2. The fourth-order valence-corrected chi connectivity index (χ4v) is 4.07. The predicted octanol–water partition coefficient (Wildman–Crippen LogP) is 2.55. The lowest BCUT2D eigenvalue weighted by atomic mass is 9.95. The molecule has 1 fully saturated rings. The van der Waals surface area contributed by atoms with Gasteiger partial charge in [0.15, 0.2) is 0 Å². The van der Waals surface area contributed by atoms with E-state index in [4.69, 9.17) is 16.7 Å². The fraction of sp³-hybridized carbons (Fsp3) is 0.300. The van der Waals surface area contributed by atoms with E-state index in [0.29, 0.717) is 31.6 Å². The van der Waals surface area contributed by atoms with Gasteiger partial charge in [0.1, 0.15) is 5.82 Å². The lowest BCUT2D eigenvalue weighted by Crippen LogP contribution is -2.42. The van der Waals surface area contributed by atoms with Gasteiger partial charge in [-0.1, -0.05) is 17.7 Å². The number of nitrogens with two attached hydrogens (primary N) is 1. The Kier molecular flexibility index (Phi) is 6.74. The van der Waals surface area contributed by atoms with Gasteiger partial charge in [-0.2, -0.15) is 0 Å². The second-order valence-electron chi connectivity index (χ2n) is 7.09. The maximum absolute atomic E-state index is 13.9. The highest BCUT2D eigenvalue weighted by molar-refractivity contribution is 7.89. The molecule has 2 amide bonds. The highest BCUT2D eigenvalue weighted by Crippen LogP contribution is 2.23. The number of nitrogens with one attached hydrogen (secondary N) is 1. The van der Waals surface area contributed by atoms with E-state index >= 15 is 0 Å². The second-order valence-corrected chi connectivity index (χ2v) is 9.06. The van der Waals surface area contributed by atoms with E-state index in [1.54, 1.807) is 11.0 Å². The number of amides is 2. The van der Waals surface area contributed by atoms with E-state index in [-0.39, 0.29) is 39.6 Å². The average molecular weight is 454 g/mol. The van der Waals surface area contributed by atoms with Crippen LogP contribution in [0.2, 0.25) is 5.02 Å². The SMILES string of the molecule is NS(=O)(=O)c1ccc(NC(=O)C2CCN(C(=O)Cc3c(F)cccc3Cl)CC2)cc1. The smallest absolute Gasteiger partial charge is 0.238 e. The summed E-state index contributed by atoms with van der Waals surface area (Å²) >= 11 is 5.98. The number of rotatable bonds is 5. The van der Waals surface area contributed by atoms with E-state index in [0.717, 1.165) is 0 Å². The van der Waals surface area contributed by atoms with Crippen molar-refractivity contribution in [1.82, 2.24) is 4.90 Å². The van der Waals surface area contributed by atoms with E-state index in [9.17, 15) is 22.4 Å². The van der Waals surface area contributed by atoms with Gasteiger partial charge in [0.25, 0.3) is 0 Å². The third-order valence-electron chi connectivity index (χ3n) is 5.06.